The van der Waals surface area contributed by atoms with Gasteiger partial charge in [0.25, 0.3) is 10.0 Å². The molecule has 0 atom stereocenters. The van der Waals surface area contributed by atoms with Crippen LogP contribution < -0.4 is 10.5 Å². The lowest BCUT2D eigenvalue weighted by atomic mass is 10.4. The Kier molecular flexibility index (Phi) is 2.80. The zero-order chi connectivity index (χ0) is 11.6. The van der Waals surface area contributed by atoms with Gasteiger partial charge >= 0.3 is 0 Å². The third kappa shape index (κ3) is 2.31. The molecule has 0 aliphatic carbocycles. The van der Waals surface area contributed by atoms with E-state index in [0.717, 1.165) is 11.3 Å². The molecule has 0 unspecified atom stereocenters. The van der Waals surface area contributed by atoms with E-state index in [1.54, 1.807) is 17.5 Å². The molecule has 0 fully saturated rings. The molecule has 5 nitrogen and oxygen atoms in total. The first-order valence-corrected chi connectivity index (χ1v) is 6.71. The van der Waals surface area contributed by atoms with E-state index in [4.69, 9.17) is 5.73 Å². The van der Waals surface area contributed by atoms with Crippen molar-refractivity contribution in [2.75, 3.05) is 10.5 Å². The number of aromatic nitrogens is 1. The smallest absolute Gasteiger partial charge is 0.271 e. The lowest BCUT2D eigenvalue weighted by Gasteiger charge is -2.04. The Bertz CT molecular complexity index is 578. The molecule has 0 saturated heterocycles. The number of hydrogen-bond donors (Lipinski definition) is 2. The van der Waals surface area contributed by atoms with Crippen LogP contribution in [0.5, 0.6) is 0 Å². The summed E-state index contributed by atoms with van der Waals surface area (Å²) in [5.41, 5.74) is 6.40. The average molecular weight is 255 g/mol. The highest BCUT2D eigenvalue weighted by Gasteiger charge is 2.16. The molecule has 16 heavy (non-hydrogen) atoms. The summed E-state index contributed by atoms with van der Waals surface area (Å²) in [6, 6.07) is 4.58. The highest BCUT2D eigenvalue weighted by molar-refractivity contribution is 7.94. The zero-order valence-corrected chi connectivity index (χ0v) is 9.75. The molecule has 0 amide bonds. The number of rotatable bonds is 3. The number of anilines is 2. The Morgan fingerprint density at radius 2 is 2.00 bits per heavy atom. The van der Waals surface area contributed by atoms with E-state index in [9.17, 15) is 8.42 Å². The number of nitrogens with zero attached hydrogens (tertiary/aromatic N) is 1. The Morgan fingerprint density at radius 1 is 1.31 bits per heavy atom. The lowest BCUT2D eigenvalue weighted by molar-refractivity contribution is 0.603. The summed E-state index contributed by atoms with van der Waals surface area (Å²) in [7, 11) is -3.53. The van der Waals surface area contributed by atoms with Gasteiger partial charge in [0.2, 0.25) is 0 Å². The second-order valence-corrected chi connectivity index (χ2v) is 5.86. The molecule has 0 aliphatic rings. The minimum absolute atomic E-state index is 0.196. The molecule has 2 aromatic heterocycles. The molecule has 84 valence electrons. The molecule has 0 saturated carbocycles. The van der Waals surface area contributed by atoms with Crippen LogP contribution in [0.1, 0.15) is 0 Å². The first-order chi connectivity index (χ1) is 7.58. The Balaban J connectivity index is 2.28. The fraction of sp³-hybridized carbons (Fsp3) is 0. The van der Waals surface area contributed by atoms with Crippen molar-refractivity contribution >= 4 is 32.7 Å². The average Bonchev–Trinajstić information content (AvgIpc) is 2.66. The normalized spacial score (nSPS) is 11.2. The van der Waals surface area contributed by atoms with Crippen LogP contribution in [0, 0.1) is 0 Å². The fourth-order valence-electron chi connectivity index (χ4n) is 1.10. The van der Waals surface area contributed by atoms with E-state index in [-0.39, 0.29) is 4.21 Å². The molecular weight excluding hydrogens is 246 g/mol. The third-order valence-corrected chi connectivity index (χ3v) is 4.63. The SMILES string of the molecule is Nc1csc(S(=O)(=O)Nc2ccncc2)c1. The molecular formula is C9H9N3O2S2. The summed E-state index contributed by atoms with van der Waals surface area (Å²) < 4.78 is 26.3. The second-order valence-electron chi connectivity index (χ2n) is 3.04. The largest absolute Gasteiger partial charge is 0.398 e. The van der Waals surface area contributed by atoms with Gasteiger partial charge in [-0.2, -0.15) is 0 Å². The molecule has 2 aromatic rings. The van der Waals surface area contributed by atoms with Gasteiger partial charge < -0.3 is 5.73 Å². The Hall–Kier alpha value is -1.60. The van der Waals surface area contributed by atoms with Crippen molar-refractivity contribution in [3.8, 4) is 0 Å². The monoisotopic (exact) mass is 255 g/mol. The number of nitrogen functional groups attached to an aromatic ring is 1. The van der Waals surface area contributed by atoms with Crippen molar-refractivity contribution in [3.63, 3.8) is 0 Å². The molecule has 7 heteroatoms. The number of nitrogens with one attached hydrogen (secondary N) is 1. The van der Waals surface area contributed by atoms with Crippen molar-refractivity contribution in [2.24, 2.45) is 0 Å². The second kappa shape index (κ2) is 4.11. The minimum Gasteiger partial charge on any atom is -0.398 e. The predicted octanol–water partition coefficient (Wildman–Crippen LogP) is 1.53. The molecule has 3 N–H and O–H groups in total. The van der Waals surface area contributed by atoms with Crippen molar-refractivity contribution in [2.45, 2.75) is 4.21 Å². The van der Waals surface area contributed by atoms with Crippen LogP contribution in [0.3, 0.4) is 0 Å². The summed E-state index contributed by atoms with van der Waals surface area (Å²) >= 11 is 1.08. The van der Waals surface area contributed by atoms with Gasteiger partial charge in [0.1, 0.15) is 4.21 Å². The molecule has 2 rings (SSSR count). The van der Waals surface area contributed by atoms with Gasteiger partial charge in [-0.3, -0.25) is 9.71 Å². The summed E-state index contributed by atoms with van der Waals surface area (Å²) in [5, 5.41) is 1.58. The van der Waals surface area contributed by atoms with Crippen molar-refractivity contribution < 1.29 is 8.42 Å². The maximum absolute atomic E-state index is 11.8. The van der Waals surface area contributed by atoms with Gasteiger partial charge in [0, 0.05) is 23.5 Å². The Labute approximate surface area is 97.0 Å². The van der Waals surface area contributed by atoms with Crippen molar-refractivity contribution in [1.29, 1.82) is 0 Å². The van der Waals surface area contributed by atoms with Crippen molar-refractivity contribution in [1.82, 2.24) is 4.98 Å². The first kappa shape index (κ1) is 10.9. The number of thiophene rings is 1. The standard InChI is InChI=1S/C9H9N3O2S2/c10-7-5-9(15-6-7)16(13,14)12-8-1-3-11-4-2-8/h1-6H,10H2,(H,11,12). The lowest BCUT2D eigenvalue weighted by Crippen LogP contribution is -2.11. The van der Waals surface area contributed by atoms with Crippen LogP contribution in [0.4, 0.5) is 11.4 Å². The van der Waals surface area contributed by atoms with Gasteiger partial charge in [-0.05, 0) is 18.2 Å². The van der Waals surface area contributed by atoms with Gasteiger partial charge in [-0.15, -0.1) is 11.3 Å². The summed E-state index contributed by atoms with van der Waals surface area (Å²) in [5.74, 6) is 0. The highest BCUT2D eigenvalue weighted by Crippen LogP contribution is 2.23. The number of sulfonamides is 1. The molecule has 0 radical (unpaired) electrons. The van der Waals surface area contributed by atoms with Crippen LogP contribution >= 0.6 is 11.3 Å². The van der Waals surface area contributed by atoms with Crippen molar-refractivity contribution in [3.05, 3.63) is 36.0 Å². The topological polar surface area (TPSA) is 85.1 Å². The maximum Gasteiger partial charge on any atom is 0.271 e. The summed E-state index contributed by atoms with van der Waals surface area (Å²) in [6.07, 6.45) is 3.03. The third-order valence-electron chi connectivity index (χ3n) is 1.79. The number of nitrogens with two attached hydrogens (primary N) is 1. The van der Waals surface area contributed by atoms with E-state index in [1.165, 1.54) is 18.5 Å². The highest BCUT2D eigenvalue weighted by atomic mass is 32.2. The van der Waals surface area contributed by atoms with Gasteiger partial charge in [-0.1, -0.05) is 0 Å². The van der Waals surface area contributed by atoms with E-state index >= 15 is 0 Å². The van der Waals surface area contributed by atoms with Crippen LogP contribution in [0.2, 0.25) is 0 Å². The number of pyridine rings is 1. The Morgan fingerprint density at radius 3 is 2.56 bits per heavy atom. The predicted molar refractivity (Wildman–Crippen MR) is 63.8 cm³/mol. The van der Waals surface area contributed by atoms with Crippen LogP contribution in [0.15, 0.2) is 40.2 Å². The minimum atomic E-state index is -3.53. The van der Waals surface area contributed by atoms with Gasteiger partial charge in [0.15, 0.2) is 0 Å². The number of hydrogen-bond acceptors (Lipinski definition) is 5. The molecule has 2 heterocycles. The molecule has 0 bridgehead atoms. The maximum atomic E-state index is 11.8. The summed E-state index contributed by atoms with van der Waals surface area (Å²) in [4.78, 5) is 3.80. The van der Waals surface area contributed by atoms with Gasteiger partial charge in [-0.25, -0.2) is 8.42 Å². The van der Waals surface area contributed by atoms with E-state index in [2.05, 4.69) is 9.71 Å². The molecule has 0 aromatic carbocycles. The first-order valence-electron chi connectivity index (χ1n) is 4.35. The van der Waals surface area contributed by atoms with Crippen LogP contribution in [0.25, 0.3) is 0 Å². The fourth-order valence-corrected chi connectivity index (χ4v) is 3.24. The van der Waals surface area contributed by atoms with E-state index < -0.39 is 10.0 Å². The van der Waals surface area contributed by atoms with Crippen LogP contribution in [-0.2, 0) is 10.0 Å². The molecule has 0 aliphatic heterocycles. The zero-order valence-electron chi connectivity index (χ0n) is 8.12. The quantitative estimate of drug-likeness (QED) is 0.871. The van der Waals surface area contributed by atoms with E-state index in [0.29, 0.717) is 11.4 Å². The van der Waals surface area contributed by atoms with Gasteiger partial charge in [0.05, 0.1) is 5.69 Å². The van der Waals surface area contributed by atoms with E-state index in [1.807, 2.05) is 0 Å². The summed E-state index contributed by atoms with van der Waals surface area (Å²) in [6.45, 7) is 0. The molecule has 0 spiro atoms. The van der Waals surface area contributed by atoms with Crippen LogP contribution in [-0.4, -0.2) is 13.4 Å².